The van der Waals surface area contributed by atoms with Crippen LogP contribution in [-0.4, -0.2) is 38.2 Å². The third-order valence-corrected chi connectivity index (χ3v) is 4.88. The topological polar surface area (TPSA) is 89.8 Å². The summed E-state index contributed by atoms with van der Waals surface area (Å²) in [5, 5.41) is 15.0. The molecule has 0 saturated carbocycles. The van der Waals surface area contributed by atoms with E-state index in [9.17, 15) is 9.59 Å². The maximum atomic E-state index is 12.3. The maximum Gasteiger partial charge on any atom is 0.224 e. The molecule has 7 nitrogen and oxygen atoms in total. The lowest BCUT2D eigenvalue weighted by molar-refractivity contribution is -0.116. The molecule has 0 saturated heterocycles. The summed E-state index contributed by atoms with van der Waals surface area (Å²) in [5.41, 5.74) is 3.20. The lowest BCUT2D eigenvalue weighted by atomic mass is 10.0. The predicted molar refractivity (Wildman–Crippen MR) is 109 cm³/mol. The molecular weight excluding hydrogens is 374 g/mol. The number of tetrazole rings is 1. The van der Waals surface area contributed by atoms with Crippen LogP contribution in [0.25, 0.3) is 5.69 Å². The smallest absolute Gasteiger partial charge is 0.224 e. The van der Waals surface area contributed by atoms with Crippen molar-refractivity contribution >= 4 is 29.1 Å². The van der Waals surface area contributed by atoms with Crippen molar-refractivity contribution in [3.8, 4) is 5.69 Å². The van der Waals surface area contributed by atoms with Crippen molar-refractivity contribution < 1.29 is 9.59 Å². The van der Waals surface area contributed by atoms with Gasteiger partial charge in [0.15, 0.2) is 5.78 Å². The number of thioether (sulfide) groups is 1. The molecule has 0 aliphatic rings. The Kier molecular flexibility index (Phi) is 6.54. The van der Waals surface area contributed by atoms with E-state index in [-0.39, 0.29) is 24.5 Å². The van der Waals surface area contributed by atoms with Gasteiger partial charge >= 0.3 is 0 Å². The summed E-state index contributed by atoms with van der Waals surface area (Å²) < 4.78 is 1.60. The summed E-state index contributed by atoms with van der Waals surface area (Å²) in [5.74, 6) is -0.248. The number of aromatic nitrogens is 4. The SMILES string of the molecule is CCc1ccc(C(=O)CCC(=O)Nc2cccc(-n3nnnc3SC)c2)cc1. The molecule has 1 heterocycles. The van der Waals surface area contributed by atoms with Crippen LogP contribution >= 0.6 is 11.8 Å². The Bertz CT molecular complexity index is 969. The molecule has 0 spiro atoms. The zero-order valence-corrected chi connectivity index (χ0v) is 16.6. The van der Waals surface area contributed by atoms with Crippen molar-refractivity contribution in [2.24, 2.45) is 0 Å². The Morgan fingerprint density at radius 3 is 2.61 bits per heavy atom. The van der Waals surface area contributed by atoms with Crippen molar-refractivity contribution in [1.29, 1.82) is 0 Å². The maximum absolute atomic E-state index is 12.3. The molecule has 0 unspecified atom stereocenters. The minimum absolute atomic E-state index is 0.0372. The number of benzene rings is 2. The van der Waals surface area contributed by atoms with Gasteiger partial charge in [0.1, 0.15) is 0 Å². The summed E-state index contributed by atoms with van der Waals surface area (Å²) in [4.78, 5) is 24.5. The number of carbonyl (C=O) groups excluding carboxylic acids is 2. The van der Waals surface area contributed by atoms with Gasteiger partial charge in [0.25, 0.3) is 0 Å². The molecule has 8 heteroatoms. The Labute approximate surface area is 167 Å². The van der Waals surface area contributed by atoms with Crippen LogP contribution in [0, 0.1) is 0 Å². The molecule has 0 aliphatic carbocycles. The van der Waals surface area contributed by atoms with Gasteiger partial charge in [-0.15, -0.1) is 5.10 Å². The fourth-order valence-electron chi connectivity index (χ4n) is 2.70. The third-order valence-electron chi connectivity index (χ3n) is 4.26. The van der Waals surface area contributed by atoms with Gasteiger partial charge in [0.05, 0.1) is 5.69 Å². The average Bonchev–Trinajstić information content (AvgIpc) is 3.21. The van der Waals surface area contributed by atoms with E-state index in [0.717, 1.165) is 12.1 Å². The summed E-state index contributed by atoms with van der Waals surface area (Å²) in [6.45, 7) is 2.07. The minimum Gasteiger partial charge on any atom is -0.326 e. The predicted octanol–water partition coefficient (Wildman–Crippen LogP) is 3.55. The van der Waals surface area contributed by atoms with Crippen molar-refractivity contribution in [3.05, 3.63) is 59.7 Å². The van der Waals surface area contributed by atoms with Crippen LogP contribution in [0.1, 0.15) is 35.7 Å². The number of Topliss-reactive ketones (excluding diaryl/α,β-unsaturated/α-hetero) is 1. The van der Waals surface area contributed by atoms with Gasteiger partial charge in [-0.1, -0.05) is 49.0 Å². The number of carbonyl (C=O) groups is 2. The molecule has 2 aromatic carbocycles. The molecule has 3 rings (SSSR count). The molecule has 144 valence electrons. The standard InChI is InChI=1S/C20H21N5O2S/c1-3-14-7-9-15(10-8-14)18(26)11-12-19(27)21-16-5-4-6-17(13-16)25-20(28-2)22-23-24-25/h4-10,13H,3,11-12H2,1-2H3,(H,21,27). The molecule has 0 bridgehead atoms. The first-order valence-electron chi connectivity index (χ1n) is 8.95. The lowest BCUT2D eigenvalue weighted by Crippen LogP contribution is -2.14. The number of nitrogens with zero attached hydrogens (tertiary/aromatic N) is 4. The van der Waals surface area contributed by atoms with E-state index in [4.69, 9.17) is 0 Å². The molecule has 3 aromatic rings. The van der Waals surface area contributed by atoms with Crippen LogP contribution in [0.2, 0.25) is 0 Å². The Morgan fingerprint density at radius 1 is 1.11 bits per heavy atom. The van der Waals surface area contributed by atoms with Crippen LogP contribution in [0.15, 0.2) is 53.7 Å². The second kappa shape index (κ2) is 9.27. The van der Waals surface area contributed by atoms with Crippen LogP contribution in [0.3, 0.4) is 0 Å². The largest absolute Gasteiger partial charge is 0.326 e. The minimum atomic E-state index is -0.211. The highest BCUT2D eigenvalue weighted by Gasteiger charge is 2.11. The van der Waals surface area contributed by atoms with E-state index in [1.54, 1.807) is 16.8 Å². The Hall–Kier alpha value is -3.00. The average molecular weight is 395 g/mol. The van der Waals surface area contributed by atoms with Crippen molar-refractivity contribution in [3.63, 3.8) is 0 Å². The molecule has 0 aliphatic heterocycles. The number of aryl methyl sites for hydroxylation is 1. The zero-order valence-electron chi connectivity index (χ0n) is 15.8. The fraction of sp³-hybridized carbons (Fsp3) is 0.250. The molecule has 1 aromatic heterocycles. The Balaban J connectivity index is 1.59. The van der Waals surface area contributed by atoms with E-state index in [1.165, 1.54) is 17.3 Å². The van der Waals surface area contributed by atoms with Crippen LogP contribution < -0.4 is 5.32 Å². The van der Waals surface area contributed by atoms with Gasteiger partial charge in [0.2, 0.25) is 11.1 Å². The normalized spacial score (nSPS) is 10.6. The van der Waals surface area contributed by atoms with E-state index < -0.39 is 0 Å². The molecule has 0 atom stereocenters. The van der Waals surface area contributed by atoms with Gasteiger partial charge in [-0.25, -0.2) is 0 Å². The highest BCUT2D eigenvalue weighted by molar-refractivity contribution is 7.98. The van der Waals surface area contributed by atoms with Crippen molar-refractivity contribution in [2.45, 2.75) is 31.3 Å². The quantitative estimate of drug-likeness (QED) is 0.463. The highest BCUT2D eigenvalue weighted by Crippen LogP contribution is 2.19. The third kappa shape index (κ3) is 4.83. The van der Waals surface area contributed by atoms with E-state index >= 15 is 0 Å². The molecule has 1 N–H and O–H groups in total. The van der Waals surface area contributed by atoms with Gasteiger partial charge in [-0.3, -0.25) is 9.59 Å². The Morgan fingerprint density at radius 2 is 1.89 bits per heavy atom. The number of ketones is 1. The highest BCUT2D eigenvalue weighted by atomic mass is 32.2. The first-order chi connectivity index (χ1) is 13.6. The first kappa shape index (κ1) is 19.8. The molecular formula is C20H21N5O2S. The van der Waals surface area contributed by atoms with E-state index in [0.29, 0.717) is 16.4 Å². The number of nitrogens with one attached hydrogen (secondary N) is 1. The molecule has 1 amide bonds. The van der Waals surface area contributed by atoms with Gasteiger partial charge in [-0.2, -0.15) is 4.68 Å². The number of hydrogen-bond acceptors (Lipinski definition) is 6. The molecule has 28 heavy (non-hydrogen) atoms. The summed E-state index contributed by atoms with van der Waals surface area (Å²) in [7, 11) is 0. The van der Waals surface area contributed by atoms with Crippen LogP contribution in [0.4, 0.5) is 5.69 Å². The number of rotatable bonds is 8. The number of hydrogen-bond donors (Lipinski definition) is 1. The monoisotopic (exact) mass is 395 g/mol. The van der Waals surface area contributed by atoms with E-state index in [1.807, 2.05) is 42.7 Å². The van der Waals surface area contributed by atoms with Gasteiger partial charge < -0.3 is 5.32 Å². The summed E-state index contributed by atoms with van der Waals surface area (Å²) in [6.07, 6.45) is 3.11. The van der Waals surface area contributed by atoms with Crippen molar-refractivity contribution in [1.82, 2.24) is 20.2 Å². The van der Waals surface area contributed by atoms with Gasteiger partial charge in [-0.05, 0) is 46.9 Å². The number of anilines is 1. The second-order valence-electron chi connectivity index (χ2n) is 6.15. The second-order valence-corrected chi connectivity index (χ2v) is 6.92. The molecule has 0 radical (unpaired) electrons. The van der Waals surface area contributed by atoms with Crippen molar-refractivity contribution in [2.75, 3.05) is 11.6 Å². The van der Waals surface area contributed by atoms with Crippen LogP contribution in [-0.2, 0) is 11.2 Å². The zero-order chi connectivity index (χ0) is 19.9. The summed E-state index contributed by atoms with van der Waals surface area (Å²) >= 11 is 1.43. The van der Waals surface area contributed by atoms with Gasteiger partial charge in [0, 0.05) is 24.1 Å². The van der Waals surface area contributed by atoms with Crippen LogP contribution in [0.5, 0.6) is 0 Å². The lowest BCUT2D eigenvalue weighted by Gasteiger charge is -2.08. The fourth-order valence-corrected chi connectivity index (χ4v) is 3.14. The summed E-state index contributed by atoms with van der Waals surface area (Å²) in [6, 6.07) is 14.8. The molecule has 0 fully saturated rings. The number of amides is 1. The first-order valence-corrected chi connectivity index (χ1v) is 10.2. The van der Waals surface area contributed by atoms with E-state index in [2.05, 4.69) is 27.8 Å².